The van der Waals surface area contributed by atoms with Crippen LogP contribution in [0.1, 0.15) is 39.5 Å². The molecule has 0 radical (unpaired) electrons. The molecule has 0 bridgehead atoms. The van der Waals surface area contributed by atoms with Gasteiger partial charge in [-0.2, -0.15) is 12.6 Å². The fraction of sp³-hybridized carbons (Fsp3) is 0.800. The van der Waals surface area contributed by atoms with Crippen LogP contribution in [0.25, 0.3) is 0 Å². The van der Waals surface area contributed by atoms with E-state index in [0.29, 0.717) is 18.6 Å². The number of hydrogen-bond donors (Lipinski definition) is 3. The number of rotatable bonds is 5. The highest BCUT2D eigenvalue weighted by molar-refractivity contribution is 8.00. The van der Waals surface area contributed by atoms with Gasteiger partial charge in [-0.15, -0.1) is 11.8 Å². The Bertz CT molecular complexity index is 488. The molecule has 5 atom stereocenters. The Morgan fingerprint density at radius 3 is 2.78 bits per heavy atom. The first-order valence-electron chi connectivity index (χ1n) is 8.01. The van der Waals surface area contributed by atoms with E-state index in [9.17, 15) is 19.5 Å². The quantitative estimate of drug-likeness (QED) is 0.645. The molecule has 130 valence electrons. The number of carbonyl (C=O) groups excluding carboxylic acids is 2. The summed E-state index contributed by atoms with van der Waals surface area (Å²) in [5.41, 5.74) is 0. The molecule has 0 unspecified atom stereocenters. The number of carbonyl (C=O) groups is 3. The van der Waals surface area contributed by atoms with E-state index in [1.54, 1.807) is 0 Å². The van der Waals surface area contributed by atoms with Crippen LogP contribution in [0.4, 0.5) is 0 Å². The van der Waals surface area contributed by atoms with Crippen LogP contribution in [-0.2, 0) is 14.4 Å². The Morgan fingerprint density at radius 1 is 1.48 bits per heavy atom. The average molecular weight is 361 g/mol. The molecule has 0 aliphatic carbocycles. The Labute approximate surface area is 146 Å². The highest BCUT2D eigenvalue weighted by Gasteiger charge is 2.47. The normalized spacial score (nSPS) is 32.1. The summed E-state index contributed by atoms with van der Waals surface area (Å²) in [5, 5.41) is 11.6. The monoisotopic (exact) mass is 360 g/mol. The molecular formula is C15H24N2O4S2. The van der Waals surface area contributed by atoms with E-state index in [0.717, 1.165) is 12.8 Å². The second kappa shape index (κ2) is 7.79. The van der Waals surface area contributed by atoms with Crippen LogP contribution in [0, 0.1) is 5.92 Å². The predicted molar refractivity (Wildman–Crippen MR) is 92.5 cm³/mol. The van der Waals surface area contributed by atoms with Crippen molar-refractivity contribution in [3.63, 3.8) is 0 Å². The summed E-state index contributed by atoms with van der Waals surface area (Å²) >= 11 is 5.79. The number of carboxylic acid groups (broad SMARTS) is 1. The summed E-state index contributed by atoms with van der Waals surface area (Å²) in [6, 6.07) is -1.46. The molecule has 0 aromatic heterocycles. The number of thioether (sulfide) groups is 1. The van der Waals surface area contributed by atoms with Crippen LogP contribution in [-0.4, -0.2) is 56.3 Å². The summed E-state index contributed by atoms with van der Waals surface area (Å²) in [6.45, 7) is 4.00. The first-order valence-corrected chi connectivity index (χ1v) is 9.58. The van der Waals surface area contributed by atoms with Gasteiger partial charge >= 0.3 is 5.97 Å². The smallest absolute Gasteiger partial charge is 0.327 e. The van der Waals surface area contributed by atoms with Crippen LogP contribution in [0.15, 0.2) is 0 Å². The van der Waals surface area contributed by atoms with Crippen molar-refractivity contribution >= 4 is 42.2 Å². The zero-order valence-corrected chi connectivity index (χ0v) is 15.1. The maximum Gasteiger partial charge on any atom is 0.327 e. The molecule has 2 aliphatic rings. The fourth-order valence-corrected chi connectivity index (χ4v) is 5.01. The Hall–Kier alpha value is -0.890. The average Bonchev–Trinajstić information content (AvgIpc) is 2.91. The number of amides is 2. The third-order valence-electron chi connectivity index (χ3n) is 4.45. The van der Waals surface area contributed by atoms with E-state index in [1.807, 2.05) is 13.8 Å². The molecule has 2 amide bonds. The van der Waals surface area contributed by atoms with Gasteiger partial charge in [0.2, 0.25) is 11.8 Å². The molecule has 0 aromatic carbocycles. The molecule has 0 spiro atoms. The van der Waals surface area contributed by atoms with Gasteiger partial charge in [0.1, 0.15) is 12.1 Å². The number of hydrogen-bond acceptors (Lipinski definition) is 5. The van der Waals surface area contributed by atoms with Crippen molar-refractivity contribution in [2.75, 3.05) is 5.75 Å². The summed E-state index contributed by atoms with van der Waals surface area (Å²) in [6.07, 6.45) is 2.80. The standard InChI is InChI=1S/C15H24N2O4S2/c1-3-4-11(22)12(18)16-9-6-5-8(2)14-17(13(9)19)10(7-23-14)15(20)21/h8-11,14,22H,3-7H2,1-2H3,(H,16,18)(H,20,21)/t8-,9+,10+,11+,14-/m1/s1. The minimum absolute atomic E-state index is 0.118. The molecule has 2 saturated heterocycles. The Balaban J connectivity index is 2.14. The lowest BCUT2D eigenvalue weighted by Gasteiger charge is -2.30. The third kappa shape index (κ3) is 3.96. The zero-order chi connectivity index (χ0) is 17.1. The second-order valence-corrected chi connectivity index (χ2v) is 8.02. The van der Waals surface area contributed by atoms with Gasteiger partial charge in [0.25, 0.3) is 0 Å². The lowest BCUT2D eigenvalue weighted by Crippen LogP contribution is -2.54. The van der Waals surface area contributed by atoms with Crippen LogP contribution >= 0.6 is 24.4 Å². The molecule has 23 heavy (non-hydrogen) atoms. The van der Waals surface area contributed by atoms with Gasteiger partial charge in [-0.1, -0.05) is 20.3 Å². The minimum Gasteiger partial charge on any atom is -0.480 e. The molecule has 2 heterocycles. The van der Waals surface area contributed by atoms with Crippen molar-refractivity contribution < 1.29 is 19.5 Å². The highest BCUT2D eigenvalue weighted by Crippen LogP contribution is 2.39. The summed E-state index contributed by atoms with van der Waals surface area (Å²) < 4.78 is 0. The van der Waals surface area contributed by atoms with E-state index in [4.69, 9.17) is 0 Å². The highest BCUT2D eigenvalue weighted by atomic mass is 32.2. The number of fused-ring (bicyclic) bond motifs is 1. The van der Waals surface area contributed by atoms with Gasteiger partial charge in [-0.25, -0.2) is 4.79 Å². The summed E-state index contributed by atoms with van der Waals surface area (Å²) in [7, 11) is 0. The maximum atomic E-state index is 12.8. The van der Waals surface area contributed by atoms with Gasteiger partial charge in [-0.3, -0.25) is 9.59 Å². The summed E-state index contributed by atoms with van der Waals surface area (Å²) in [5.74, 6) is -0.898. The fourth-order valence-electron chi connectivity index (χ4n) is 3.12. The van der Waals surface area contributed by atoms with E-state index in [1.165, 1.54) is 16.7 Å². The van der Waals surface area contributed by atoms with Crippen LogP contribution in [0.3, 0.4) is 0 Å². The number of carboxylic acids is 1. The van der Waals surface area contributed by atoms with Crippen molar-refractivity contribution in [1.29, 1.82) is 0 Å². The molecule has 2 N–H and O–H groups in total. The zero-order valence-electron chi connectivity index (χ0n) is 13.4. The third-order valence-corrected chi connectivity index (χ3v) is 6.49. The van der Waals surface area contributed by atoms with E-state index in [-0.39, 0.29) is 23.1 Å². The second-order valence-electron chi connectivity index (χ2n) is 6.24. The number of thiol groups is 1. The van der Waals surface area contributed by atoms with Gasteiger partial charge in [-0.05, 0) is 25.2 Å². The van der Waals surface area contributed by atoms with Crippen LogP contribution in [0.2, 0.25) is 0 Å². The van der Waals surface area contributed by atoms with E-state index < -0.39 is 23.3 Å². The molecule has 0 saturated carbocycles. The molecule has 0 aromatic rings. The molecule has 2 aliphatic heterocycles. The summed E-state index contributed by atoms with van der Waals surface area (Å²) in [4.78, 5) is 37.9. The topological polar surface area (TPSA) is 86.7 Å². The van der Waals surface area contributed by atoms with Gasteiger partial charge in [0.05, 0.1) is 10.6 Å². The van der Waals surface area contributed by atoms with Crippen molar-refractivity contribution in [3.8, 4) is 0 Å². The van der Waals surface area contributed by atoms with Crippen LogP contribution < -0.4 is 5.32 Å². The molecule has 2 fully saturated rings. The Kier molecular flexibility index (Phi) is 6.25. The van der Waals surface area contributed by atoms with Gasteiger partial charge in [0, 0.05) is 5.75 Å². The first kappa shape index (κ1) is 18.4. The van der Waals surface area contributed by atoms with E-state index >= 15 is 0 Å². The van der Waals surface area contributed by atoms with Gasteiger partial charge in [0.15, 0.2) is 0 Å². The van der Waals surface area contributed by atoms with Gasteiger partial charge < -0.3 is 15.3 Å². The lowest BCUT2D eigenvalue weighted by atomic mass is 10.0. The molecule has 2 rings (SSSR count). The van der Waals surface area contributed by atoms with Crippen molar-refractivity contribution in [2.45, 2.75) is 62.2 Å². The number of aliphatic carboxylic acids is 1. The largest absolute Gasteiger partial charge is 0.480 e. The van der Waals surface area contributed by atoms with Crippen LogP contribution in [0.5, 0.6) is 0 Å². The number of nitrogens with zero attached hydrogens (tertiary/aromatic N) is 1. The van der Waals surface area contributed by atoms with Crippen molar-refractivity contribution in [3.05, 3.63) is 0 Å². The SMILES string of the molecule is CCC[C@H](S)C(=O)N[C@H]1CC[C@@H](C)[C@H]2SC[C@@H](C(=O)O)N2C1=O. The molecule has 6 nitrogen and oxygen atoms in total. The lowest BCUT2D eigenvalue weighted by molar-refractivity contribution is -0.150. The number of nitrogens with one attached hydrogen (secondary N) is 1. The Morgan fingerprint density at radius 2 is 2.17 bits per heavy atom. The first-order chi connectivity index (χ1) is 10.9. The predicted octanol–water partition coefficient (Wildman–Crippen LogP) is 1.35. The van der Waals surface area contributed by atoms with Crippen molar-refractivity contribution in [1.82, 2.24) is 10.2 Å². The van der Waals surface area contributed by atoms with Crippen molar-refractivity contribution in [2.24, 2.45) is 5.92 Å². The minimum atomic E-state index is -0.981. The van der Waals surface area contributed by atoms with E-state index in [2.05, 4.69) is 17.9 Å². The molecular weight excluding hydrogens is 336 g/mol. The molecule has 8 heteroatoms. The maximum absolute atomic E-state index is 12.8.